The number of nitrogens with one attached hydrogen (secondary N) is 1. The normalized spacial score (nSPS) is 10.4. The summed E-state index contributed by atoms with van der Waals surface area (Å²) in [6, 6.07) is 22.0. The van der Waals surface area contributed by atoms with Crippen LogP contribution < -0.4 is 11.1 Å². The van der Waals surface area contributed by atoms with Gasteiger partial charge in [0.05, 0.1) is 5.69 Å². The number of carbonyl (C=O) groups excluding carboxylic acids is 2. The molecule has 0 atom stereocenters. The van der Waals surface area contributed by atoms with Crippen LogP contribution >= 0.6 is 0 Å². The smallest absolute Gasteiger partial charge is 0.224 e. The van der Waals surface area contributed by atoms with Crippen LogP contribution in [0.4, 0.5) is 11.4 Å². The second kappa shape index (κ2) is 8.32. The van der Waals surface area contributed by atoms with Crippen molar-refractivity contribution in [1.29, 1.82) is 0 Å². The van der Waals surface area contributed by atoms with E-state index in [-0.39, 0.29) is 11.7 Å². The highest BCUT2D eigenvalue weighted by atomic mass is 16.1. The largest absolute Gasteiger partial charge is 0.399 e. The topological polar surface area (TPSA) is 72.2 Å². The molecule has 136 valence electrons. The van der Waals surface area contributed by atoms with E-state index in [1.165, 1.54) is 5.56 Å². The zero-order valence-electron chi connectivity index (χ0n) is 15.2. The molecule has 3 rings (SSSR count). The van der Waals surface area contributed by atoms with Gasteiger partial charge in [0.25, 0.3) is 0 Å². The van der Waals surface area contributed by atoms with Gasteiger partial charge in [-0.15, -0.1) is 0 Å². The molecule has 4 nitrogen and oxygen atoms in total. The van der Waals surface area contributed by atoms with E-state index < -0.39 is 0 Å². The number of nitrogens with two attached hydrogens (primary N) is 1. The summed E-state index contributed by atoms with van der Waals surface area (Å²) >= 11 is 0. The fourth-order valence-electron chi connectivity index (χ4n) is 2.83. The summed E-state index contributed by atoms with van der Waals surface area (Å²) in [5, 5.41) is 2.85. The fraction of sp³-hybridized carbons (Fsp3) is 0.130. The molecule has 0 saturated carbocycles. The van der Waals surface area contributed by atoms with Crippen molar-refractivity contribution in [2.75, 3.05) is 11.1 Å². The third-order valence-electron chi connectivity index (χ3n) is 4.36. The summed E-state index contributed by atoms with van der Waals surface area (Å²) in [7, 11) is 0. The lowest BCUT2D eigenvalue weighted by Gasteiger charge is -2.12. The lowest BCUT2D eigenvalue weighted by atomic mass is 10.0. The number of anilines is 2. The maximum atomic E-state index is 12.8. The van der Waals surface area contributed by atoms with Crippen LogP contribution in [0.3, 0.4) is 0 Å². The minimum atomic E-state index is -0.170. The predicted octanol–water partition coefficient (Wildman–Crippen LogP) is 4.38. The highest BCUT2D eigenvalue weighted by molar-refractivity contribution is 6.14. The number of benzene rings is 3. The van der Waals surface area contributed by atoms with Gasteiger partial charge in [-0.05, 0) is 37.1 Å². The lowest BCUT2D eigenvalue weighted by molar-refractivity contribution is -0.116. The molecule has 0 radical (unpaired) electrons. The van der Waals surface area contributed by atoms with Crippen molar-refractivity contribution in [3.8, 4) is 0 Å². The van der Waals surface area contributed by atoms with Crippen molar-refractivity contribution < 1.29 is 9.59 Å². The second-order valence-electron chi connectivity index (χ2n) is 6.53. The average molecular weight is 358 g/mol. The Kier molecular flexibility index (Phi) is 5.67. The predicted molar refractivity (Wildman–Crippen MR) is 109 cm³/mol. The molecule has 1 amide bonds. The SMILES string of the molecule is Cc1ccc(CCC(=O)Nc2ccc(N)cc2C(=O)c2ccccc2)cc1. The zero-order valence-corrected chi connectivity index (χ0v) is 15.2. The van der Waals surface area contributed by atoms with Crippen molar-refractivity contribution in [2.45, 2.75) is 19.8 Å². The van der Waals surface area contributed by atoms with Crippen LogP contribution in [0, 0.1) is 6.92 Å². The number of hydrogen-bond acceptors (Lipinski definition) is 3. The Morgan fingerprint density at radius 3 is 2.33 bits per heavy atom. The highest BCUT2D eigenvalue weighted by Crippen LogP contribution is 2.23. The van der Waals surface area contributed by atoms with E-state index in [0.29, 0.717) is 35.3 Å². The first-order valence-corrected chi connectivity index (χ1v) is 8.87. The molecule has 3 aromatic carbocycles. The van der Waals surface area contributed by atoms with E-state index in [4.69, 9.17) is 5.73 Å². The Labute approximate surface area is 159 Å². The maximum Gasteiger partial charge on any atom is 0.224 e. The first-order valence-electron chi connectivity index (χ1n) is 8.87. The second-order valence-corrected chi connectivity index (χ2v) is 6.53. The molecule has 0 spiro atoms. The number of aryl methyl sites for hydroxylation is 2. The van der Waals surface area contributed by atoms with Crippen molar-refractivity contribution in [3.05, 3.63) is 95.1 Å². The third kappa shape index (κ3) is 4.82. The van der Waals surface area contributed by atoms with Gasteiger partial charge in [0.1, 0.15) is 0 Å². The summed E-state index contributed by atoms with van der Waals surface area (Å²) in [6.45, 7) is 2.03. The van der Waals surface area contributed by atoms with Gasteiger partial charge >= 0.3 is 0 Å². The molecule has 3 aromatic rings. The summed E-state index contributed by atoms with van der Waals surface area (Å²) in [6.07, 6.45) is 0.982. The first-order chi connectivity index (χ1) is 13.0. The van der Waals surface area contributed by atoms with E-state index in [1.807, 2.05) is 37.3 Å². The van der Waals surface area contributed by atoms with Gasteiger partial charge in [0, 0.05) is 23.2 Å². The van der Waals surface area contributed by atoms with Crippen LogP contribution in [0.25, 0.3) is 0 Å². The fourth-order valence-corrected chi connectivity index (χ4v) is 2.83. The van der Waals surface area contributed by atoms with Crippen molar-refractivity contribution in [3.63, 3.8) is 0 Å². The van der Waals surface area contributed by atoms with Crippen LogP contribution in [0.2, 0.25) is 0 Å². The van der Waals surface area contributed by atoms with Crippen LogP contribution in [0.5, 0.6) is 0 Å². The molecular weight excluding hydrogens is 336 g/mol. The Morgan fingerprint density at radius 1 is 0.926 bits per heavy atom. The third-order valence-corrected chi connectivity index (χ3v) is 4.36. The number of amides is 1. The number of carbonyl (C=O) groups is 2. The molecule has 0 fully saturated rings. The van der Waals surface area contributed by atoms with Crippen LogP contribution in [-0.2, 0) is 11.2 Å². The Morgan fingerprint density at radius 2 is 1.63 bits per heavy atom. The molecule has 0 saturated heterocycles. The summed E-state index contributed by atoms with van der Waals surface area (Å²) in [5.74, 6) is -0.306. The maximum absolute atomic E-state index is 12.8. The molecule has 0 aromatic heterocycles. The molecule has 27 heavy (non-hydrogen) atoms. The standard InChI is InChI=1S/C23H22N2O2/c1-16-7-9-17(10-8-16)11-14-22(26)25-21-13-12-19(24)15-20(21)23(27)18-5-3-2-4-6-18/h2-10,12-13,15H,11,14,24H2,1H3,(H,25,26). The van der Waals surface area contributed by atoms with Gasteiger partial charge in [-0.2, -0.15) is 0 Å². The zero-order chi connectivity index (χ0) is 19.2. The minimum Gasteiger partial charge on any atom is -0.399 e. The molecule has 0 aliphatic rings. The van der Waals surface area contributed by atoms with E-state index in [1.54, 1.807) is 42.5 Å². The summed E-state index contributed by atoms with van der Waals surface area (Å²) in [5.41, 5.74) is 10.1. The monoisotopic (exact) mass is 358 g/mol. The molecule has 4 heteroatoms. The van der Waals surface area contributed by atoms with E-state index in [0.717, 1.165) is 5.56 Å². The Balaban J connectivity index is 1.73. The van der Waals surface area contributed by atoms with Crippen LogP contribution in [0.1, 0.15) is 33.5 Å². The average Bonchev–Trinajstić information content (AvgIpc) is 2.69. The lowest BCUT2D eigenvalue weighted by Crippen LogP contribution is -2.16. The van der Waals surface area contributed by atoms with E-state index >= 15 is 0 Å². The summed E-state index contributed by atoms with van der Waals surface area (Å²) < 4.78 is 0. The van der Waals surface area contributed by atoms with E-state index in [2.05, 4.69) is 5.32 Å². The van der Waals surface area contributed by atoms with Gasteiger partial charge in [-0.25, -0.2) is 0 Å². The van der Waals surface area contributed by atoms with Crippen molar-refractivity contribution in [2.24, 2.45) is 0 Å². The molecule has 0 unspecified atom stereocenters. The molecule has 3 N–H and O–H groups in total. The Hall–Kier alpha value is -3.40. The molecule has 0 aliphatic carbocycles. The molecule has 0 bridgehead atoms. The van der Waals surface area contributed by atoms with Crippen molar-refractivity contribution >= 4 is 23.1 Å². The van der Waals surface area contributed by atoms with Gasteiger partial charge in [0.15, 0.2) is 5.78 Å². The molecule has 0 aliphatic heterocycles. The van der Waals surface area contributed by atoms with Gasteiger partial charge < -0.3 is 11.1 Å². The highest BCUT2D eigenvalue weighted by Gasteiger charge is 2.15. The Bertz CT molecular complexity index is 948. The van der Waals surface area contributed by atoms with E-state index in [9.17, 15) is 9.59 Å². The number of hydrogen-bond donors (Lipinski definition) is 2. The minimum absolute atomic E-state index is 0.137. The summed E-state index contributed by atoms with van der Waals surface area (Å²) in [4.78, 5) is 25.2. The van der Waals surface area contributed by atoms with Crippen LogP contribution in [-0.4, -0.2) is 11.7 Å². The number of rotatable bonds is 6. The molecular formula is C23H22N2O2. The molecule has 0 heterocycles. The number of nitrogen functional groups attached to an aromatic ring is 1. The quantitative estimate of drug-likeness (QED) is 0.507. The van der Waals surface area contributed by atoms with Gasteiger partial charge in [0.2, 0.25) is 5.91 Å². The van der Waals surface area contributed by atoms with Crippen LogP contribution in [0.15, 0.2) is 72.8 Å². The van der Waals surface area contributed by atoms with Gasteiger partial charge in [-0.1, -0.05) is 60.2 Å². The first kappa shape index (κ1) is 18.4. The van der Waals surface area contributed by atoms with Crippen molar-refractivity contribution in [1.82, 2.24) is 0 Å². The number of ketones is 1. The van der Waals surface area contributed by atoms with Gasteiger partial charge in [-0.3, -0.25) is 9.59 Å².